The van der Waals surface area contributed by atoms with Crippen molar-refractivity contribution in [3.63, 3.8) is 0 Å². The van der Waals surface area contributed by atoms with E-state index < -0.39 is 0 Å². The van der Waals surface area contributed by atoms with Crippen molar-refractivity contribution >= 4 is 0 Å². The van der Waals surface area contributed by atoms with Gasteiger partial charge in [-0.25, -0.2) is 4.39 Å². The molecule has 0 radical (unpaired) electrons. The van der Waals surface area contributed by atoms with E-state index in [1.807, 2.05) is 18.3 Å². The molecule has 1 saturated carbocycles. The molecule has 0 saturated heterocycles. The van der Waals surface area contributed by atoms with Gasteiger partial charge in [-0.15, -0.1) is 0 Å². The first-order chi connectivity index (χ1) is 14.7. The zero-order valence-corrected chi connectivity index (χ0v) is 19.1. The van der Waals surface area contributed by atoms with Crippen molar-refractivity contribution in [2.75, 3.05) is 0 Å². The topological polar surface area (TPSA) is 12.9 Å². The summed E-state index contributed by atoms with van der Waals surface area (Å²) < 4.78 is 14.8. The Morgan fingerprint density at radius 1 is 0.800 bits per heavy atom. The summed E-state index contributed by atoms with van der Waals surface area (Å²) in [6.07, 6.45) is 18.5. The monoisotopic (exact) mass is 409 g/mol. The Morgan fingerprint density at radius 2 is 1.50 bits per heavy atom. The fraction of sp³-hybridized carbons (Fsp3) is 0.607. The van der Waals surface area contributed by atoms with Crippen LogP contribution in [0, 0.1) is 17.7 Å². The van der Waals surface area contributed by atoms with Crippen LogP contribution in [0.1, 0.15) is 95.6 Å². The molecule has 0 spiro atoms. The van der Waals surface area contributed by atoms with Crippen LogP contribution in [-0.2, 0) is 12.8 Å². The Bertz CT molecular complexity index is 744. The fourth-order valence-electron chi connectivity index (χ4n) is 4.91. The molecule has 0 N–H and O–H groups in total. The SMILES string of the molecule is CCCCCc1ccc(-c2ccc(CCC3CCC(CCCC)CC3)cc2F)nc1. The van der Waals surface area contributed by atoms with Gasteiger partial charge in [0.15, 0.2) is 0 Å². The molecule has 1 fully saturated rings. The van der Waals surface area contributed by atoms with Crippen LogP contribution in [0.5, 0.6) is 0 Å². The molecule has 164 valence electrons. The fourth-order valence-corrected chi connectivity index (χ4v) is 4.91. The molecule has 1 aromatic heterocycles. The van der Waals surface area contributed by atoms with E-state index in [1.54, 1.807) is 6.07 Å². The first-order valence-electron chi connectivity index (χ1n) is 12.4. The van der Waals surface area contributed by atoms with E-state index in [0.29, 0.717) is 5.56 Å². The first-order valence-corrected chi connectivity index (χ1v) is 12.4. The number of unbranched alkanes of at least 4 members (excludes halogenated alkanes) is 3. The van der Waals surface area contributed by atoms with Gasteiger partial charge < -0.3 is 0 Å². The third-order valence-electron chi connectivity index (χ3n) is 6.98. The summed E-state index contributed by atoms with van der Waals surface area (Å²) in [6, 6.07) is 9.82. The van der Waals surface area contributed by atoms with Crippen LogP contribution >= 0.6 is 0 Å². The number of halogens is 1. The molecule has 1 aliphatic carbocycles. The minimum atomic E-state index is -0.137. The molecule has 0 atom stereocenters. The van der Waals surface area contributed by atoms with E-state index in [9.17, 15) is 4.39 Å². The van der Waals surface area contributed by atoms with Crippen molar-refractivity contribution in [1.82, 2.24) is 4.98 Å². The Kier molecular flexibility index (Phi) is 9.36. The third kappa shape index (κ3) is 6.93. The van der Waals surface area contributed by atoms with Crippen LogP contribution < -0.4 is 0 Å². The van der Waals surface area contributed by atoms with E-state index in [1.165, 1.54) is 76.2 Å². The van der Waals surface area contributed by atoms with Crippen molar-refractivity contribution in [3.8, 4) is 11.3 Å². The highest BCUT2D eigenvalue weighted by Crippen LogP contribution is 2.34. The number of nitrogens with zero attached hydrogens (tertiary/aromatic N) is 1. The van der Waals surface area contributed by atoms with E-state index in [-0.39, 0.29) is 5.82 Å². The lowest BCUT2D eigenvalue weighted by Crippen LogP contribution is -2.15. The molecule has 1 heterocycles. The second kappa shape index (κ2) is 12.2. The number of pyridine rings is 1. The van der Waals surface area contributed by atoms with Crippen molar-refractivity contribution in [1.29, 1.82) is 0 Å². The van der Waals surface area contributed by atoms with Gasteiger partial charge in [0.2, 0.25) is 0 Å². The average Bonchev–Trinajstić information content (AvgIpc) is 2.78. The number of benzene rings is 1. The van der Waals surface area contributed by atoms with Gasteiger partial charge in [-0.05, 0) is 66.8 Å². The highest BCUT2D eigenvalue weighted by atomic mass is 19.1. The second-order valence-corrected chi connectivity index (χ2v) is 9.39. The molecule has 2 aromatic rings. The molecular formula is C28H40FN. The van der Waals surface area contributed by atoms with Gasteiger partial charge in [-0.1, -0.05) is 83.8 Å². The molecule has 2 heteroatoms. The molecule has 1 aromatic carbocycles. The predicted octanol–water partition coefficient (Wildman–Crippen LogP) is 8.55. The summed E-state index contributed by atoms with van der Waals surface area (Å²) in [4.78, 5) is 4.53. The molecule has 0 unspecified atom stereocenters. The van der Waals surface area contributed by atoms with Gasteiger partial charge in [-0.3, -0.25) is 4.98 Å². The zero-order chi connectivity index (χ0) is 21.2. The van der Waals surface area contributed by atoms with Crippen molar-refractivity contribution in [2.24, 2.45) is 11.8 Å². The van der Waals surface area contributed by atoms with Crippen molar-refractivity contribution in [3.05, 3.63) is 53.5 Å². The normalized spacial score (nSPS) is 19.2. The Labute approximate surface area is 183 Å². The highest BCUT2D eigenvalue weighted by molar-refractivity contribution is 5.60. The van der Waals surface area contributed by atoms with Gasteiger partial charge in [0.05, 0.1) is 5.69 Å². The smallest absolute Gasteiger partial charge is 0.132 e. The molecule has 1 nitrogen and oxygen atoms in total. The second-order valence-electron chi connectivity index (χ2n) is 9.39. The molecule has 1 aliphatic rings. The summed E-state index contributed by atoms with van der Waals surface area (Å²) in [5, 5.41) is 0. The van der Waals surface area contributed by atoms with Gasteiger partial charge in [-0.2, -0.15) is 0 Å². The lowest BCUT2D eigenvalue weighted by Gasteiger charge is -2.28. The van der Waals surface area contributed by atoms with E-state index in [0.717, 1.165) is 35.9 Å². The number of rotatable bonds is 11. The maximum Gasteiger partial charge on any atom is 0.132 e. The molecular weight excluding hydrogens is 369 g/mol. The number of hydrogen-bond donors (Lipinski definition) is 0. The highest BCUT2D eigenvalue weighted by Gasteiger charge is 2.20. The summed E-state index contributed by atoms with van der Waals surface area (Å²) in [5.41, 5.74) is 3.73. The quantitative estimate of drug-likeness (QED) is 0.339. The van der Waals surface area contributed by atoms with Crippen LogP contribution in [0.15, 0.2) is 36.5 Å². The van der Waals surface area contributed by atoms with Gasteiger partial charge in [0.25, 0.3) is 0 Å². The van der Waals surface area contributed by atoms with E-state index >= 15 is 0 Å². The van der Waals surface area contributed by atoms with Crippen molar-refractivity contribution in [2.45, 2.75) is 97.3 Å². The van der Waals surface area contributed by atoms with Crippen LogP contribution in [0.3, 0.4) is 0 Å². The number of aryl methyl sites for hydroxylation is 2. The van der Waals surface area contributed by atoms with Crippen LogP contribution in [0.25, 0.3) is 11.3 Å². The molecule has 3 rings (SSSR count). The molecule has 30 heavy (non-hydrogen) atoms. The van der Waals surface area contributed by atoms with Crippen LogP contribution in [-0.4, -0.2) is 4.98 Å². The van der Waals surface area contributed by atoms with Crippen LogP contribution in [0.4, 0.5) is 4.39 Å². The van der Waals surface area contributed by atoms with Crippen LogP contribution in [0.2, 0.25) is 0 Å². The summed E-state index contributed by atoms with van der Waals surface area (Å²) in [7, 11) is 0. The number of aromatic nitrogens is 1. The summed E-state index contributed by atoms with van der Waals surface area (Å²) in [6.45, 7) is 4.50. The Balaban J connectivity index is 1.49. The van der Waals surface area contributed by atoms with Gasteiger partial charge in [0, 0.05) is 11.8 Å². The Hall–Kier alpha value is -1.70. The largest absolute Gasteiger partial charge is 0.256 e. The average molecular weight is 410 g/mol. The summed E-state index contributed by atoms with van der Waals surface area (Å²) in [5.74, 6) is 1.65. The minimum Gasteiger partial charge on any atom is -0.256 e. The standard InChI is InChI=1S/C28H40FN/c1-3-5-7-9-25-17-19-28(30-21-25)26-18-16-24(20-27(26)29)15-14-23-12-10-22(11-13-23)8-6-4-2/h16-23H,3-15H2,1-2H3. The number of hydrogen-bond acceptors (Lipinski definition) is 1. The van der Waals surface area contributed by atoms with E-state index in [2.05, 4.69) is 31.0 Å². The molecule has 0 bridgehead atoms. The third-order valence-corrected chi connectivity index (χ3v) is 6.98. The maximum absolute atomic E-state index is 14.8. The van der Waals surface area contributed by atoms with Gasteiger partial charge >= 0.3 is 0 Å². The van der Waals surface area contributed by atoms with E-state index in [4.69, 9.17) is 0 Å². The first kappa shape index (κ1) is 23.0. The Morgan fingerprint density at radius 3 is 2.13 bits per heavy atom. The van der Waals surface area contributed by atoms with Gasteiger partial charge in [0.1, 0.15) is 5.82 Å². The lowest BCUT2D eigenvalue weighted by molar-refractivity contribution is 0.250. The molecule has 0 amide bonds. The summed E-state index contributed by atoms with van der Waals surface area (Å²) >= 11 is 0. The maximum atomic E-state index is 14.8. The predicted molar refractivity (Wildman–Crippen MR) is 126 cm³/mol. The van der Waals surface area contributed by atoms with Crippen molar-refractivity contribution < 1.29 is 4.39 Å². The minimum absolute atomic E-state index is 0.137. The molecule has 0 aliphatic heterocycles. The zero-order valence-electron chi connectivity index (χ0n) is 19.1. The lowest BCUT2D eigenvalue weighted by atomic mass is 9.78.